The van der Waals surface area contributed by atoms with E-state index in [1.807, 2.05) is 0 Å². The van der Waals surface area contributed by atoms with Crippen molar-refractivity contribution < 1.29 is 8.78 Å². The molecule has 2 rings (SSSR count). The third-order valence-electron chi connectivity index (χ3n) is 3.13. The minimum absolute atomic E-state index is 0.0546. The number of nitrogens with one attached hydrogen (secondary N) is 1. The van der Waals surface area contributed by atoms with Gasteiger partial charge in [-0.2, -0.15) is 4.80 Å². The molecule has 0 saturated heterocycles. The zero-order chi connectivity index (χ0) is 15.2. The molecule has 1 unspecified atom stereocenters. The van der Waals surface area contributed by atoms with Crippen LogP contribution in [0.25, 0.3) is 0 Å². The van der Waals surface area contributed by atoms with Crippen LogP contribution < -0.4 is 5.32 Å². The third-order valence-corrected chi connectivity index (χ3v) is 3.13. The predicted octanol–water partition coefficient (Wildman–Crippen LogP) is 1.64. The van der Waals surface area contributed by atoms with Crippen molar-refractivity contribution in [1.82, 2.24) is 25.5 Å². The van der Waals surface area contributed by atoms with E-state index in [1.54, 1.807) is 13.1 Å². The van der Waals surface area contributed by atoms with Crippen molar-refractivity contribution in [2.24, 2.45) is 7.05 Å². The van der Waals surface area contributed by atoms with Crippen LogP contribution in [0, 0.1) is 11.6 Å². The van der Waals surface area contributed by atoms with Crippen LogP contribution in [0.15, 0.2) is 18.2 Å². The zero-order valence-electron chi connectivity index (χ0n) is 12.2. The van der Waals surface area contributed by atoms with Crippen LogP contribution >= 0.6 is 0 Å². The molecule has 0 aliphatic rings. The molecule has 2 aromatic rings. The summed E-state index contributed by atoms with van der Waals surface area (Å²) in [5.74, 6) is -1.01. The second kappa shape index (κ2) is 7.21. The largest absolute Gasteiger partial charge is 0.313 e. The Morgan fingerprint density at radius 1 is 1.24 bits per heavy atom. The first-order valence-electron chi connectivity index (χ1n) is 6.98. The third kappa shape index (κ3) is 4.56. The molecule has 0 saturated carbocycles. The number of tetrazole rings is 1. The van der Waals surface area contributed by atoms with Gasteiger partial charge in [0.2, 0.25) is 0 Å². The van der Waals surface area contributed by atoms with Crippen LogP contribution in [-0.2, 0) is 19.9 Å². The highest BCUT2D eigenvalue weighted by Gasteiger charge is 2.14. The fourth-order valence-corrected chi connectivity index (χ4v) is 2.14. The lowest BCUT2D eigenvalue weighted by Gasteiger charge is -2.17. The van der Waals surface area contributed by atoms with Crippen LogP contribution in [0.4, 0.5) is 8.78 Å². The number of aromatic nitrogens is 4. The van der Waals surface area contributed by atoms with Crippen LogP contribution in [-0.4, -0.2) is 32.8 Å². The standard InChI is InChI=1S/C14H19F2N5/c1-3-6-17-11(9-14-18-20-21(2)19-14)7-10-4-5-12(15)13(16)8-10/h4-5,8,11,17H,3,6-7,9H2,1-2H3. The molecule has 0 aliphatic heterocycles. The average molecular weight is 295 g/mol. The van der Waals surface area contributed by atoms with E-state index < -0.39 is 11.6 Å². The first-order valence-corrected chi connectivity index (χ1v) is 6.98. The summed E-state index contributed by atoms with van der Waals surface area (Å²) >= 11 is 0. The Morgan fingerprint density at radius 2 is 2.05 bits per heavy atom. The minimum atomic E-state index is -0.826. The maximum atomic E-state index is 13.3. The molecular formula is C14H19F2N5. The van der Waals surface area contributed by atoms with E-state index >= 15 is 0 Å². The first-order chi connectivity index (χ1) is 10.1. The van der Waals surface area contributed by atoms with Gasteiger partial charge in [0.1, 0.15) is 0 Å². The number of benzene rings is 1. The fourth-order valence-electron chi connectivity index (χ4n) is 2.14. The lowest BCUT2D eigenvalue weighted by molar-refractivity contribution is 0.485. The van der Waals surface area contributed by atoms with Crippen molar-refractivity contribution in [3.63, 3.8) is 0 Å². The normalized spacial score (nSPS) is 12.6. The summed E-state index contributed by atoms with van der Waals surface area (Å²) in [5, 5.41) is 15.3. The maximum Gasteiger partial charge on any atom is 0.176 e. The van der Waals surface area contributed by atoms with Gasteiger partial charge in [-0.1, -0.05) is 13.0 Å². The Bertz CT molecular complexity index is 584. The molecule has 0 fully saturated rings. The van der Waals surface area contributed by atoms with Crippen molar-refractivity contribution >= 4 is 0 Å². The molecule has 7 heteroatoms. The summed E-state index contributed by atoms with van der Waals surface area (Å²) in [4.78, 5) is 1.41. The SMILES string of the molecule is CCCNC(Cc1ccc(F)c(F)c1)Cc1nnn(C)n1. The molecule has 1 N–H and O–H groups in total. The highest BCUT2D eigenvalue weighted by Crippen LogP contribution is 2.12. The average Bonchev–Trinajstić information content (AvgIpc) is 2.85. The minimum Gasteiger partial charge on any atom is -0.313 e. The summed E-state index contributed by atoms with van der Waals surface area (Å²) in [6, 6.07) is 4.05. The van der Waals surface area contributed by atoms with E-state index in [4.69, 9.17) is 0 Å². The summed E-state index contributed by atoms with van der Waals surface area (Å²) in [5.41, 5.74) is 0.742. The van der Waals surface area contributed by atoms with E-state index in [2.05, 4.69) is 27.7 Å². The Morgan fingerprint density at radius 3 is 2.67 bits per heavy atom. The van der Waals surface area contributed by atoms with Crippen molar-refractivity contribution in [2.75, 3.05) is 6.54 Å². The van der Waals surface area contributed by atoms with E-state index in [0.717, 1.165) is 24.6 Å². The van der Waals surface area contributed by atoms with E-state index in [9.17, 15) is 8.78 Å². The smallest absolute Gasteiger partial charge is 0.176 e. The number of hydrogen-bond acceptors (Lipinski definition) is 4. The lowest BCUT2D eigenvalue weighted by Crippen LogP contribution is -2.34. The molecule has 0 bridgehead atoms. The summed E-state index contributed by atoms with van der Waals surface area (Å²) < 4.78 is 26.2. The molecule has 1 heterocycles. The number of aryl methyl sites for hydroxylation is 1. The van der Waals surface area contributed by atoms with Crippen molar-refractivity contribution in [1.29, 1.82) is 0 Å². The summed E-state index contributed by atoms with van der Waals surface area (Å²) in [6.07, 6.45) is 2.16. The lowest BCUT2D eigenvalue weighted by atomic mass is 10.0. The van der Waals surface area contributed by atoms with Crippen molar-refractivity contribution in [3.8, 4) is 0 Å². The Hall–Kier alpha value is -1.89. The number of hydrogen-bond donors (Lipinski definition) is 1. The molecule has 0 radical (unpaired) electrons. The second-order valence-corrected chi connectivity index (χ2v) is 5.00. The monoisotopic (exact) mass is 295 g/mol. The first kappa shape index (κ1) is 15.5. The second-order valence-electron chi connectivity index (χ2n) is 5.00. The van der Waals surface area contributed by atoms with Gasteiger partial charge in [-0.15, -0.1) is 10.2 Å². The van der Waals surface area contributed by atoms with Gasteiger partial charge < -0.3 is 5.32 Å². The molecule has 1 atom stereocenters. The van der Waals surface area contributed by atoms with Crippen LogP contribution in [0.1, 0.15) is 24.7 Å². The summed E-state index contributed by atoms with van der Waals surface area (Å²) in [6.45, 7) is 2.91. The van der Waals surface area contributed by atoms with Gasteiger partial charge >= 0.3 is 0 Å². The highest BCUT2D eigenvalue weighted by molar-refractivity contribution is 5.19. The van der Waals surface area contributed by atoms with Gasteiger partial charge in [-0.05, 0) is 42.3 Å². The van der Waals surface area contributed by atoms with E-state index in [-0.39, 0.29) is 6.04 Å². The molecule has 0 spiro atoms. The van der Waals surface area contributed by atoms with E-state index in [0.29, 0.717) is 18.7 Å². The molecule has 5 nitrogen and oxygen atoms in total. The number of halogens is 2. The predicted molar refractivity (Wildman–Crippen MR) is 74.6 cm³/mol. The molecule has 114 valence electrons. The molecule has 0 amide bonds. The molecule has 21 heavy (non-hydrogen) atoms. The van der Waals surface area contributed by atoms with Crippen LogP contribution in [0.3, 0.4) is 0 Å². The van der Waals surface area contributed by atoms with Gasteiger partial charge in [0.25, 0.3) is 0 Å². The molecular weight excluding hydrogens is 276 g/mol. The zero-order valence-corrected chi connectivity index (χ0v) is 12.2. The summed E-state index contributed by atoms with van der Waals surface area (Å²) in [7, 11) is 1.71. The number of rotatable bonds is 7. The van der Waals surface area contributed by atoms with Gasteiger partial charge in [0.15, 0.2) is 17.5 Å². The quantitative estimate of drug-likeness (QED) is 0.844. The topological polar surface area (TPSA) is 55.6 Å². The van der Waals surface area contributed by atoms with Gasteiger partial charge in [0, 0.05) is 12.5 Å². The Kier molecular flexibility index (Phi) is 5.32. The Labute approximate surface area is 122 Å². The maximum absolute atomic E-state index is 13.3. The fraction of sp³-hybridized carbons (Fsp3) is 0.500. The van der Waals surface area contributed by atoms with Crippen molar-refractivity contribution in [3.05, 3.63) is 41.2 Å². The highest BCUT2D eigenvalue weighted by atomic mass is 19.2. The molecule has 0 aliphatic carbocycles. The number of nitrogens with zero attached hydrogens (tertiary/aromatic N) is 4. The molecule has 1 aromatic heterocycles. The van der Waals surface area contributed by atoms with Gasteiger partial charge in [0.05, 0.1) is 7.05 Å². The van der Waals surface area contributed by atoms with Gasteiger partial charge in [-0.3, -0.25) is 0 Å². The van der Waals surface area contributed by atoms with Crippen LogP contribution in [0.2, 0.25) is 0 Å². The Balaban J connectivity index is 2.06. The molecule has 1 aromatic carbocycles. The van der Waals surface area contributed by atoms with Crippen molar-refractivity contribution in [2.45, 2.75) is 32.2 Å². The van der Waals surface area contributed by atoms with E-state index in [1.165, 1.54) is 10.9 Å². The van der Waals surface area contributed by atoms with Gasteiger partial charge in [-0.25, -0.2) is 8.78 Å². The van der Waals surface area contributed by atoms with Crippen LogP contribution in [0.5, 0.6) is 0 Å².